The largest absolute Gasteiger partial charge is 0.308 e. The number of anilines is 1. The Hall–Kier alpha value is -1.60. The highest BCUT2D eigenvalue weighted by atomic mass is 32.1. The average Bonchev–Trinajstić information content (AvgIpc) is 2.77. The number of unbranched alkanes of at least 4 members (excludes halogenated alkanes) is 1. The number of nitrogens with one attached hydrogen (secondary N) is 2. The van der Waals surface area contributed by atoms with Crippen LogP contribution in [0.5, 0.6) is 0 Å². The minimum Gasteiger partial charge on any atom is -0.308 e. The van der Waals surface area contributed by atoms with E-state index >= 15 is 0 Å². The van der Waals surface area contributed by atoms with Gasteiger partial charge in [0.15, 0.2) is 10.2 Å². The number of aromatic nitrogens is 1. The van der Waals surface area contributed by atoms with Gasteiger partial charge in [-0.05, 0) is 36.8 Å². The van der Waals surface area contributed by atoms with Gasteiger partial charge in [-0.1, -0.05) is 24.7 Å². The number of carbonyl (C=O) groups excluding carboxylic acids is 1. The zero-order valence-corrected chi connectivity index (χ0v) is 12.5. The van der Waals surface area contributed by atoms with Crippen molar-refractivity contribution in [2.75, 3.05) is 5.32 Å². The van der Waals surface area contributed by atoms with Crippen molar-refractivity contribution in [3.63, 3.8) is 0 Å². The zero-order valence-electron chi connectivity index (χ0n) is 10.9. The smallest absolute Gasteiger partial charge is 0.226 e. The normalized spacial score (nSPS) is 10.5. The number of hydrogen-bond acceptors (Lipinski definition) is 4. The number of thiazole rings is 1. The molecule has 0 aliphatic heterocycles. The first-order chi connectivity index (χ1) is 9.58. The molecule has 20 heavy (non-hydrogen) atoms. The molecule has 1 aromatic carbocycles. The molecule has 0 fully saturated rings. The van der Waals surface area contributed by atoms with Crippen molar-refractivity contribution in [2.45, 2.75) is 26.2 Å². The highest BCUT2D eigenvalue weighted by Gasteiger charge is 2.08. The molecule has 4 nitrogen and oxygen atoms in total. The van der Waals surface area contributed by atoms with Crippen LogP contribution in [0.4, 0.5) is 9.52 Å². The number of halogens is 1. The number of hydrogen-bond donors (Lipinski definition) is 2. The monoisotopic (exact) mass is 311 g/mol. The fraction of sp³-hybridized carbons (Fsp3) is 0.308. The SMILES string of the molecule is CCCCC(=O)NC(=S)Nc1nc2ccc(F)cc2s1. The fourth-order valence-corrected chi connectivity index (χ4v) is 2.78. The molecule has 2 N–H and O–H groups in total. The van der Waals surface area contributed by atoms with E-state index in [1.54, 1.807) is 6.07 Å². The van der Waals surface area contributed by atoms with Crippen molar-refractivity contribution in [2.24, 2.45) is 0 Å². The molecule has 7 heteroatoms. The topological polar surface area (TPSA) is 54.0 Å². The van der Waals surface area contributed by atoms with E-state index in [9.17, 15) is 9.18 Å². The first-order valence-electron chi connectivity index (χ1n) is 6.25. The van der Waals surface area contributed by atoms with Gasteiger partial charge in [0.05, 0.1) is 10.2 Å². The van der Waals surface area contributed by atoms with E-state index < -0.39 is 0 Å². The highest BCUT2D eigenvalue weighted by molar-refractivity contribution is 7.80. The molecular formula is C13H14FN3OS2. The molecule has 0 unspecified atom stereocenters. The third-order valence-corrected chi connectivity index (χ3v) is 3.72. The van der Waals surface area contributed by atoms with Gasteiger partial charge in [0.25, 0.3) is 0 Å². The third kappa shape index (κ3) is 3.94. The zero-order chi connectivity index (χ0) is 14.5. The summed E-state index contributed by atoms with van der Waals surface area (Å²) in [5.41, 5.74) is 0.694. The molecule has 0 saturated carbocycles. The van der Waals surface area contributed by atoms with Crippen molar-refractivity contribution < 1.29 is 9.18 Å². The number of thiocarbonyl (C=S) groups is 1. The van der Waals surface area contributed by atoms with Crippen LogP contribution < -0.4 is 10.6 Å². The number of amides is 1. The van der Waals surface area contributed by atoms with Crippen LogP contribution >= 0.6 is 23.6 Å². The molecule has 0 aliphatic carbocycles. The number of carbonyl (C=O) groups is 1. The second-order valence-electron chi connectivity index (χ2n) is 4.24. The van der Waals surface area contributed by atoms with Crippen LogP contribution in [0.3, 0.4) is 0 Å². The van der Waals surface area contributed by atoms with Crippen LogP contribution in [0.2, 0.25) is 0 Å². The number of fused-ring (bicyclic) bond motifs is 1. The van der Waals surface area contributed by atoms with E-state index in [4.69, 9.17) is 12.2 Å². The Balaban J connectivity index is 1.97. The van der Waals surface area contributed by atoms with Crippen molar-refractivity contribution in [3.05, 3.63) is 24.0 Å². The summed E-state index contributed by atoms with van der Waals surface area (Å²) in [6, 6.07) is 4.38. The van der Waals surface area contributed by atoms with Gasteiger partial charge in [0.1, 0.15) is 5.82 Å². The summed E-state index contributed by atoms with van der Waals surface area (Å²) in [5.74, 6) is -0.417. The van der Waals surface area contributed by atoms with E-state index in [0.29, 0.717) is 17.1 Å². The maximum Gasteiger partial charge on any atom is 0.226 e. The molecule has 0 aliphatic rings. The maximum atomic E-state index is 13.1. The Morgan fingerprint density at radius 2 is 2.30 bits per heavy atom. The fourth-order valence-electron chi connectivity index (χ4n) is 1.61. The lowest BCUT2D eigenvalue weighted by molar-refractivity contribution is -0.119. The summed E-state index contributed by atoms with van der Waals surface area (Å²) < 4.78 is 13.8. The Labute approximate surface area is 125 Å². The van der Waals surface area contributed by atoms with Crippen LogP contribution in [0.25, 0.3) is 10.2 Å². The summed E-state index contributed by atoms with van der Waals surface area (Å²) in [4.78, 5) is 15.8. The van der Waals surface area contributed by atoms with Gasteiger partial charge >= 0.3 is 0 Å². The Morgan fingerprint density at radius 3 is 3.05 bits per heavy atom. The minimum absolute atomic E-state index is 0.114. The Morgan fingerprint density at radius 1 is 1.50 bits per heavy atom. The van der Waals surface area contributed by atoms with Gasteiger partial charge in [-0.15, -0.1) is 0 Å². The van der Waals surface area contributed by atoms with Crippen molar-refractivity contribution in [3.8, 4) is 0 Å². The van der Waals surface area contributed by atoms with Crippen molar-refractivity contribution >= 4 is 49.9 Å². The minimum atomic E-state index is -0.303. The first kappa shape index (κ1) is 14.8. The van der Waals surface area contributed by atoms with E-state index in [1.807, 2.05) is 6.92 Å². The van der Waals surface area contributed by atoms with Gasteiger partial charge in [0, 0.05) is 6.42 Å². The molecule has 1 aromatic heterocycles. The summed E-state index contributed by atoms with van der Waals surface area (Å²) in [5, 5.41) is 6.18. The molecule has 2 aromatic rings. The van der Waals surface area contributed by atoms with Crippen LogP contribution in [-0.2, 0) is 4.79 Å². The summed E-state index contributed by atoms with van der Waals surface area (Å²) in [6.07, 6.45) is 2.23. The van der Waals surface area contributed by atoms with Crippen LogP contribution in [-0.4, -0.2) is 16.0 Å². The van der Waals surface area contributed by atoms with E-state index in [0.717, 1.165) is 17.5 Å². The van der Waals surface area contributed by atoms with Crippen molar-refractivity contribution in [1.82, 2.24) is 10.3 Å². The lowest BCUT2D eigenvalue weighted by Gasteiger charge is -2.06. The Bertz CT molecular complexity index is 642. The molecular weight excluding hydrogens is 297 g/mol. The lowest BCUT2D eigenvalue weighted by Crippen LogP contribution is -2.33. The molecule has 0 saturated heterocycles. The van der Waals surface area contributed by atoms with Crippen LogP contribution in [0.1, 0.15) is 26.2 Å². The predicted molar refractivity (Wildman–Crippen MR) is 83.5 cm³/mol. The second kappa shape index (κ2) is 6.71. The summed E-state index contributed by atoms with van der Waals surface area (Å²) in [6.45, 7) is 2.02. The highest BCUT2D eigenvalue weighted by Crippen LogP contribution is 2.26. The third-order valence-electron chi connectivity index (χ3n) is 2.58. The van der Waals surface area contributed by atoms with Crippen LogP contribution in [0.15, 0.2) is 18.2 Å². The standard InChI is InChI=1S/C13H14FN3OS2/c1-2-3-4-11(18)16-12(19)17-13-15-9-6-5-8(14)7-10(9)20-13/h5-7H,2-4H2,1H3,(H2,15,16,17,18,19). The molecule has 0 radical (unpaired) electrons. The molecule has 1 heterocycles. The Kier molecular flexibility index (Phi) is 4.97. The quantitative estimate of drug-likeness (QED) is 0.849. The van der Waals surface area contributed by atoms with Gasteiger partial charge < -0.3 is 10.6 Å². The lowest BCUT2D eigenvalue weighted by atomic mass is 10.2. The van der Waals surface area contributed by atoms with Crippen LogP contribution in [0, 0.1) is 5.82 Å². The average molecular weight is 311 g/mol. The molecule has 1 amide bonds. The van der Waals surface area contributed by atoms with Gasteiger partial charge in [-0.25, -0.2) is 9.37 Å². The van der Waals surface area contributed by atoms with E-state index in [2.05, 4.69) is 15.6 Å². The molecule has 0 spiro atoms. The van der Waals surface area contributed by atoms with Crippen molar-refractivity contribution in [1.29, 1.82) is 0 Å². The van der Waals surface area contributed by atoms with Gasteiger partial charge in [-0.2, -0.15) is 0 Å². The molecule has 0 atom stereocenters. The second-order valence-corrected chi connectivity index (χ2v) is 5.68. The number of benzene rings is 1. The number of nitrogens with zero attached hydrogens (tertiary/aromatic N) is 1. The molecule has 2 rings (SSSR count). The van der Waals surface area contributed by atoms with E-state index in [-0.39, 0.29) is 16.8 Å². The van der Waals surface area contributed by atoms with Gasteiger partial charge in [-0.3, -0.25) is 4.79 Å². The van der Waals surface area contributed by atoms with E-state index in [1.165, 1.54) is 23.5 Å². The summed E-state index contributed by atoms with van der Waals surface area (Å²) >= 11 is 6.33. The number of rotatable bonds is 4. The molecule has 0 bridgehead atoms. The molecule has 106 valence electrons. The van der Waals surface area contributed by atoms with Gasteiger partial charge in [0.2, 0.25) is 5.91 Å². The predicted octanol–water partition coefficient (Wildman–Crippen LogP) is 3.44. The summed E-state index contributed by atoms with van der Waals surface area (Å²) in [7, 11) is 0. The first-order valence-corrected chi connectivity index (χ1v) is 7.48. The maximum absolute atomic E-state index is 13.1.